The predicted molar refractivity (Wildman–Crippen MR) is 96.9 cm³/mol. The predicted octanol–water partition coefficient (Wildman–Crippen LogP) is 2.67. The van der Waals surface area contributed by atoms with Gasteiger partial charge in [0.2, 0.25) is 0 Å². The molecule has 1 aliphatic rings. The fraction of sp³-hybridized carbons (Fsp3) is 0.474. The van der Waals surface area contributed by atoms with E-state index in [4.69, 9.17) is 4.74 Å². The summed E-state index contributed by atoms with van der Waals surface area (Å²) >= 11 is 0. The van der Waals surface area contributed by atoms with E-state index < -0.39 is 0 Å². The summed E-state index contributed by atoms with van der Waals surface area (Å²) in [5.41, 5.74) is 3.42. The van der Waals surface area contributed by atoms with Crippen molar-refractivity contribution < 1.29 is 9.53 Å². The van der Waals surface area contributed by atoms with Gasteiger partial charge in [-0.05, 0) is 38.5 Å². The van der Waals surface area contributed by atoms with E-state index in [1.807, 2.05) is 46.8 Å². The van der Waals surface area contributed by atoms with E-state index in [1.54, 1.807) is 0 Å². The Hall–Kier alpha value is -2.50. The minimum atomic E-state index is -0.0302. The summed E-state index contributed by atoms with van der Waals surface area (Å²) < 4.78 is 7.88. The van der Waals surface area contributed by atoms with Crippen LogP contribution in [0.25, 0.3) is 0 Å². The number of carbonyl (C=O) groups is 1. The molecular formula is C19H26N4O2. The van der Waals surface area contributed by atoms with Gasteiger partial charge in [0.15, 0.2) is 0 Å². The molecule has 1 aromatic carbocycles. The van der Waals surface area contributed by atoms with E-state index >= 15 is 0 Å². The molecule has 1 aliphatic heterocycles. The van der Waals surface area contributed by atoms with Crippen LogP contribution in [0.2, 0.25) is 0 Å². The van der Waals surface area contributed by atoms with Crippen molar-refractivity contribution in [2.45, 2.75) is 39.8 Å². The SMILES string of the molecule is Cc1nn(CCNC(=O)N2CCC(Oc3ccccc3)C2)c(C)c1C. The smallest absolute Gasteiger partial charge is 0.317 e. The molecule has 25 heavy (non-hydrogen) atoms. The van der Waals surface area contributed by atoms with Gasteiger partial charge < -0.3 is 15.0 Å². The quantitative estimate of drug-likeness (QED) is 0.909. The van der Waals surface area contributed by atoms with Gasteiger partial charge in [0.1, 0.15) is 11.9 Å². The fourth-order valence-corrected chi connectivity index (χ4v) is 3.09. The second-order valence-electron chi connectivity index (χ2n) is 6.54. The van der Waals surface area contributed by atoms with E-state index in [-0.39, 0.29) is 12.1 Å². The molecule has 134 valence electrons. The first-order valence-electron chi connectivity index (χ1n) is 8.79. The maximum absolute atomic E-state index is 12.3. The van der Waals surface area contributed by atoms with Crippen LogP contribution in [0.5, 0.6) is 5.75 Å². The Morgan fingerprint density at radius 3 is 2.72 bits per heavy atom. The molecule has 1 aromatic heterocycles. The number of carbonyl (C=O) groups excluding carboxylic acids is 1. The molecule has 3 rings (SSSR count). The Kier molecular flexibility index (Phi) is 5.26. The number of likely N-dealkylation sites (tertiary alicyclic amines) is 1. The van der Waals surface area contributed by atoms with Gasteiger partial charge in [-0.15, -0.1) is 0 Å². The lowest BCUT2D eigenvalue weighted by Crippen LogP contribution is -2.40. The van der Waals surface area contributed by atoms with Gasteiger partial charge in [-0.1, -0.05) is 18.2 Å². The van der Waals surface area contributed by atoms with Gasteiger partial charge in [0, 0.05) is 25.2 Å². The van der Waals surface area contributed by atoms with Crippen LogP contribution in [-0.4, -0.2) is 46.4 Å². The second kappa shape index (κ2) is 7.59. The number of aryl methyl sites for hydroxylation is 1. The molecular weight excluding hydrogens is 316 g/mol. The highest BCUT2D eigenvalue weighted by molar-refractivity contribution is 5.74. The normalized spacial score (nSPS) is 16.9. The highest BCUT2D eigenvalue weighted by Crippen LogP contribution is 2.18. The first kappa shape index (κ1) is 17.3. The summed E-state index contributed by atoms with van der Waals surface area (Å²) in [6.07, 6.45) is 0.922. The Labute approximate surface area is 148 Å². The highest BCUT2D eigenvalue weighted by Gasteiger charge is 2.27. The molecule has 2 aromatic rings. The highest BCUT2D eigenvalue weighted by atomic mass is 16.5. The van der Waals surface area contributed by atoms with Gasteiger partial charge in [0.25, 0.3) is 0 Å². The van der Waals surface area contributed by atoms with Gasteiger partial charge in [-0.2, -0.15) is 5.10 Å². The summed E-state index contributed by atoms with van der Waals surface area (Å²) in [6, 6.07) is 9.73. The van der Waals surface area contributed by atoms with E-state index in [2.05, 4.69) is 24.3 Å². The molecule has 6 heteroatoms. The number of urea groups is 1. The minimum Gasteiger partial charge on any atom is -0.489 e. The van der Waals surface area contributed by atoms with Crippen LogP contribution in [0.3, 0.4) is 0 Å². The van der Waals surface area contributed by atoms with Crippen LogP contribution in [0.15, 0.2) is 30.3 Å². The average molecular weight is 342 g/mol. The Morgan fingerprint density at radius 2 is 2.04 bits per heavy atom. The average Bonchev–Trinajstić information content (AvgIpc) is 3.17. The second-order valence-corrected chi connectivity index (χ2v) is 6.54. The largest absolute Gasteiger partial charge is 0.489 e. The van der Waals surface area contributed by atoms with Gasteiger partial charge in [-0.3, -0.25) is 4.68 Å². The maximum atomic E-state index is 12.3. The van der Waals surface area contributed by atoms with Crippen molar-refractivity contribution in [2.24, 2.45) is 0 Å². The number of hydrogen-bond donors (Lipinski definition) is 1. The van der Waals surface area contributed by atoms with Crippen molar-refractivity contribution in [2.75, 3.05) is 19.6 Å². The molecule has 1 unspecified atom stereocenters. The number of hydrogen-bond acceptors (Lipinski definition) is 3. The number of rotatable bonds is 5. The van der Waals surface area contributed by atoms with Crippen molar-refractivity contribution >= 4 is 6.03 Å². The van der Waals surface area contributed by atoms with Crippen LogP contribution in [0.1, 0.15) is 23.4 Å². The zero-order valence-corrected chi connectivity index (χ0v) is 15.2. The summed E-state index contributed by atoms with van der Waals surface area (Å²) in [6.45, 7) is 8.74. The standard InChI is InChI=1S/C19H26N4O2/c1-14-15(2)21-23(16(14)3)12-10-20-19(24)22-11-9-18(13-22)25-17-7-5-4-6-8-17/h4-8,18H,9-13H2,1-3H3,(H,20,24). The van der Waals surface area contributed by atoms with Crippen LogP contribution in [-0.2, 0) is 6.54 Å². The van der Waals surface area contributed by atoms with Crippen LogP contribution in [0, 0.1) is 20.8 Å². The molecule has 2 heterocycles. The van der Waals surface area contributed by atoms with Crippen LogP contribution < -0.4 is 10.1 Å². The third-order valence-corrected chi connectivity index (χ3v) is 4.82. The van der Waals surface area contributed by atoms with Crippen molar-refractivity contribution in [3.8, 4) is 5.75 Å². The number of nitrogens with one attached hydrogen (secondary N) is 1. The molecule has 0 bridgehead atoms. The lowest BCUT2D eigenvalue weighted by atomic mass is 10.2. The number of benzene rings is 1. The molecule has 1 fully saturated rings. The molecule has 0 aliphatic carbocycles. The Bertz CT molecular complexity index is 727. The van der Waals surface area contributed by atoms with Crippen molar-refractivity contribution in [1.29, 1.82) is 0 Å². The number of nitrogens with zero attached hydrogens (tertiary/aromatic N) is 3. The summed E-state index contributed by atoms with van der Waals surface area (Å²) in [7, 11) is 0. The summed E-state index contributed by atoms with van der Waals surface area (Å²) in [5, 5.41) is 7.48. The van der Waals surface area contributed by atoms with E-state index in [1.165, 1.54) is 5.56 Å². The van der Waals surface area contributed by atoms with Crippen LogP contribution in [0.4, 0.5) is 4.79 Å². The third-order valence-electron chi connectivity index (χ3n) is 4.82. The molecule has 1 saturated heterocycles. The number of ether oxygens (including phenoxy) is 1. The van der Waals surface area contributed by atoms with Gasteiger partial charge in [-0.25, -0.2) is 4.79 Å². The van der Waals surface area contributed by atoms with E-state index in [0.717, 1.165) is 30.1 Å². The molecule has 0 spiro atoms. The first-order valence-corrected chi connectivity index (χ1v) is 8.79. The third kappa shape index (κ3) is 4.13. The number of aromatic nitrogens is 2. The monoisotopic (exact) mass is 342 g/mol. The molecule has 1 atom stereocenters. The first-order chi connectivity index (χ1) is 12.0. The lowest BCUT2D eigenvalue weighted by molar-refractivity contribution is 0.186. The maximum Gasteiger partial charge on any atom is 0.317 e. The number of amides is 2. The molecule has 6 nitrogen and oxygen atoms in total. The molecule has 0 saturated carbocycles. The van der Waals surface area contributed by atoms with Crippen molar-refractivity contribution in [3.63, 3.8) is 0 Å². The summed E-state index contributed by atoms with van der Waals surface area (Å²) in [4.78, 5) is 14.1. The number of para-hydroxylation sites is 1. The van der Waals surface area contributed by atoms with Gasteiger partial charge in [0.05, 0.1) is 18.8 Å². The Balaban J connectivity index is 1.44. The topological polar surface area (TPSA) is 59.4 Å². The molecule has 0 radical (unpaired) electrons. The zero-order chi connectivity index (χ0) is 17.8. The minimum absolute atomic E-state index is 0.0302. The fourth-order valence-electron chi connectivity index (χ4n) is 3.09. The Morgan fingerprint density at radius 1 is 1.28 bits per heavy atom. The van der Waals surface area contributed by atoms with Crippen molar-refractivity contribution in [1.82, 2.24) is 20.0 Å². The zero-order valence-electron chi connectivity index (χ0n) is 15.2. The van der Waals surface area contributed by atoms with E-state index in [9.17, 15) is 4.79 Å². The lowest BCUT2D eigenvalue weighted by Gasteiger charge is -2.18. The van der Waals surface area contributed by atoms with E-state index in [0.29, 0.717) is 19.6 Å². The molecule has 1 N–H and O–H groups in total. The summed E-state index contributed by atoms with van der Waals surface area (Å²) in [5.74, 6) is 0.856. The van der Waals surface area contributed by atoms with Crippen LogP contribution >= 0.6 is 0 Å². The van der Waals surface area contributed by atoms with Crippen molar-refractivity contribution in [3.05, 3.63) is 47.3 Å². The van der Waals surface area contributed by atoms with Gasteiger partial charge >= 0.3 is 6.03 Å². The molecule has 2 amide bonds.